The van der Waals surface area contributed by atoms with E-state index >= 15 is 0 Å². The van der Waals surface area contributed by atoms with E-state index in [0.29, 0.717) is 5.92 Å². The summed E-state index contributed by atoms with van der Waals surface area (Å²) in [6.07, 6.45) is 3.07. The van der Waals surface area contributed by atoms with Crippen molar-refractivity contribution in [1.29, 1.82) is 0 Å². The molecule has 0 aliphatic carbocycles. The first-order valence-electron chi connectivity index (χ1n) is 6.67. The third-order valence-electron chi connectivity index (χ3n) is 3.60. The minimum Gasteiger partial charge on any atom is -0.330 e. The number of nitrogens with two attached hydrogens (primary N) is 1. The lowest BCUT2D eigenvalue weighted by Crippen LogP contribution is -2.38. The molecule has 1 fully saturated rings. The quantitative estimate of drug-likeness (QED) is 0.879. The fourth-order valence-electron chi connectivity index (χ4n) is 2.33. The predicted molar refractivity (Wildman–Crippen MR) is 76.5 cm³/mol. The van der Waals surface area contributed by atoms with Crippen molar-refractivity contribution < 1.29 is 4.21 Å². The molecule has 1 aromatic rings. The van der Waals surface area contributed by atoms with Gasteiger partial charge in [-0.3, -0.25) is 0 Å². The molecule has 100 valence electrons. The summed E-state index contributed by atoms with van der Waals surface area (Å²) in [5.74, 6) is 1.37. The van der Waals surface area contributed by atoms with Crippen LogP contribution in [0.25, 0.3) is 0 Å². The molecule has 2 N–H and O–H groups in total. The Bertz CT molecular complexity index is 375. The second kappa shape index (κ2) is 7.02. The summed E-state index contributed by atoms with van der Waals surface area (Å²) >= 11 is 0. The molecule has 1 atom stereocenters. The molecule has 1 aliphatic heterocycles. The first kappa shape index (κ1) is 13.7. The van der Waals surface area contributed by atoms with E-state index in [1.54, 1.807) is 0 Å². The average Bonchev–Trinajstić information content (AvgIpc) is 2.46. The van der Waals surface area contributed by atoms with Crippen molar-refractivity contribution in [2.24, 2.45) is 11.7 Å². The van der Waals surface area contributed by atoms with Crippen LogP contribution in [0.15, 0.2) is 30.3 Å². The van der Waals surface area contributed by atoms with Crippen molar-refractivity contribution in [1.82, 2.24) is 4.31 Å². The number of nitrogens with zero attached hydrogens (tertiary/aromatic N) is 1. The zero-order valence-corrected chi connectivity index (χ0v) is 11.6. The van der Waals surface area contributed by atoms with Crippen molar-refractivity contribution in [2.45, 2.75) is 19.3 Å². The highest BCUT2D eigenvalue weighted by molar-refractivity contribution is 7.82. The Balaban J connectivity index is 1.75. The van der Waals surface area contributed by atoms with Gasteiger partial charge in [-0.2, -0.15) is 0 Å². The molecule has 2 rings (SSSR count). The number of hydrogen-bond donors (Lipinski definition) is 1. The fraction of sp³-hybridized carbons (Fsp3) is 0.571. The van der Waals surface area contributed by atoms with E-state index in [-0.39, 0.29) is 0 Å². The molecule has 0 saturated carbocycles. The molecule has 4 heteroatoms. The summed E-state index contributed by atoms with van der Waals surface area (Å²) in [4.78, 5) is 0. The second-order valence-corrected chi connectivity index (χ2v) is 6.44. The maximum absolute atomic E-state index is 12.2. The Morgan fingerprint density at radius 1 is 1.22 bits per heavy atom. The number of rotatable bonds is 5. The van der Waals surface area contributed by atoms with Crippen LogP contribution >= 0.6 is 0 Å². The first-order chi connectivity index (χ1) is 8.79. The van der Waals surface area contributed by atoms with Crippen LogP contribution in [0.3, 0.4) is 0 Å². The van der Waals surface area contributed by atoms with Gasteiger partial charge in [-0.05, 0) is 37.3 Å². The maximum atomic E-state index is 12.2. The van der Waals surface area contributed by atoms with E-state index < -0.39 is 11.0 Å². The Labute approximate surface area is 112 Å². The first-order valence-corrected chi connectivity index (χ1v) is 7.94. The van der Waals surface area contributed by atoms with Crippen molar-refractivity contribution in [3.63, 3.8) is 0 Å². The molecule has 18 heavy (non-hydrogen) atoms. The predicted octanol–water partition coefficient (Wildman–Crippen LogP) is 1.56. The van der Waals surface area contributed by atoms with Crippen LogP contribution in [0.2, 0.25) is 0 Å². The van der Waals surface area contributed by atoms with Crippen LogP contribution in [-0.2, 0) is 17.4 Å². The van der Waals surface area contributed by atoms with Gasteiger partial charge in [-0.15, -0.1) is 0 Å². The van der Waals surface area contributed by atoms with E-state index in [4.69, 9.17) is 5.73 Å². The summed E-state index contributed by atoms with van der Waals surface area (Å²) in [5, 5.41) is 0. The topological polar surface area (TPSA) is 46.3 Å². The van der Waals surface area contributed by atoms with Gasteiger partial charge in [0, 0.05) is 18.8 Å². The van der Waals surface area contributed by atoms with Crippen LogP contribution < -0.4 is 5.73 Å². The molecular weight excluding hydrogens is 244 g/mol. The lowest BCUT2D eigenvalue weighted by molar-refractivity contribution is 0.288. The van der Waals surface area contributed by atoms with Gasteiger partial charge < -0.3 is 5.73 Å². The van der Waals surface area contributed by atoms with Gasteiger partial charge in [-0.25, -0.2) is 8.51 Å². The minimum atomic E-state index is -0.831. The minimum absolute atomic E-state index is 0.632. The van der Waals surface area contributed by atoms with Crippen molar-refractivity contribution in [3.8, 4) is 0 Å². The Kier molecular flexibility index (Phi) is 5.35. The van der Waals surface area contributed by atoms with Crippen LogP contribution in [0.4, 0.5) is 0 Å². The summed E-state index contributed by atoms with van der Waals surface area (Å²) in [6.45, 7) is 2.64. The van der Waals surface area contributed by atoms with Gasteiger partial charge in [0.1, 0.15) is 0 Å². The van der Waals surface area contributed by atoms with Gasteiger partial charge >= 0.3 is 0 Å². The van der Waals surface area contributed by atoms with Crippen LogP contribution in [0.1, 0.15) is 18.4 Å². The molecular formula is C14H22N2OS. The zero-order chi connectivity index (χ0) is 12.8. The smallest absolute Gasteiger partial charge is 0.0945 e. The molecule has 0 aromatic heterocycles. The molecule has 1 unspecified atom stereocenters. The zero-order valence-electron chi connectivity index (χ0n) is 10.8. The number of benzene rings is 1. The van der Waals surface area contributed by atoms with E-state index in [2.05, 4.69) is 16.4 Å². The van der Waals surface area contributed by atoms with E-state index in [0.717, 1.165) is 44.6 Å². The van der Waals surface area contributed by atoms with Gasteiger partial charge in [0.2, 0.25) is 0 Å². The van der Waals surface area contributed by atoms with Gasteiger partial charge in [0.05, 0.1) is 11.0 Å². The lowest BCUT2D eigenvalue weighted by Gasteiger charge is -2.30. The molecule has 0 spiro atoms. The standard InChI is InChI=1S/C14H22N2OS/c15-12-14-6-9-16(10-7-14)18(17)11-8-13-4-2-1-3-5-13/h1-5,14H,6-12,15H2. The summed E-state index contributed by atoms with van der Waals surface area (Å²) in [5.41, 5.74) is 6.93. The highest BCUT2D eigenvalue weighted by atomic mass is 32.2. The Morgan fingerprint density at radius 3 is 2.50 bits per heavy atom. The largest absolute Gasteiger partial charge is 0.330 e. The second-order valence-electron chi connectivity index (χ2n) is 4.87. The van der Waals surface area contributed by atoms with E-state index in [9.17, 15) is 4.21 Å². The average molecular weight is 266 g/mol. The Hall–Kier alpha value is -0.710. The molecule has 1 saturated heterocycles. The monoisotopic (exact) mass is 266 g/mol. The third-order valence-corrected chi connectivity index (χ3v) is 5.10. The van der Waals surface area contributed by atoms with Crippen LogP contribution in [0, 0.1) is 5.92 Å². The number of piperidine rings is 1. The van der Waals surface area contributed by atoms with Gasteiger partial charge in [-0.1, -0.05) is 30.3 Å². The van der Waals surface area contributed by atoms with Crippen molar-refractivity contribution >= 4 is 11.0 Å². The summed E-state index contributed by atoms with van der Waals surface area (Å²) in [7, 11) is -0.831. The highest BCUT2D eigenvalue weighted by Gasteiger charge is 2.21. The molecule has 0 radical (unpaired) electrons. The van der Waals surface area contributed by atoms with Crippen LogP contribution in [-0.4, -0.2) is 33.9 Å². The van der Waals surface area contributed by atoms with Gasteiger partial charge in [0.25, 0.3) is 0 Å². The molecule has 0 bridgehead atoms. The lowest BCUT2D eigenvalue weighted by atomic mass is 9.99. The molecule has 1 aliphatic rings. The summed E-state index contributed by atoms with van der Waals surface area (Å²) < 4.78 is 14.3. The molecule has 3 nitrogen and oxygen atoms in total. The van der Waals surface area contributed by atoms with Crippen molar-refractivity contribution in [2.75, 3.05) is 25.4 Å². The molecule has 1 aromatic carbocycles. The fourth-order valence-corrected chi connectivity index (χ4v) is 3.61. The van der Waals surface area contributed by atoms with Gasteiger partial charge in [0.15, 0.2) is 0 Å². The maximum Gasteiger partial charge on any atom is 0.0945 e. The summed E-state index contributed by atoms with van der Waals surface area (Å²) in [6, 6.07) is 10.3. The van der Waals surface area contributed by atoms with E-state index in [1.807, 2.05) is 18.2 Å². The number of aryl methyl sites for hydroxylation is 1. The van der Waals surface area contributed by atoms with E-state index in [1.165, 1.54) is 5.56 Å². The van der Waals surface area contributed by atoms with Crippen LogP contribution in [0.5, 0.6) is 0 Å². The SMILES string of the molecule is NCC1CCN(S(=O)CCc2ccccc2)CC1. The Morgan fingerprint density at radius 2 is 1.89 bits per heavy atom. The molecule has 0 amide bonds. The normalized spacial score (nSPS) is 19.8. The third kappa shape index (κ3) is 3.90. The number of hydrogen-bond acceptors (Lipinski definition) is 2. The highest BCUT2D eigenvalue weighted by Crippen LogP contribution is 2.17. The van der Waals surface area contributed by atoms with Crippen molar-refractivity contribution in [3.05, 3.63) is 35.9 Å². The molecule has 1 heterocycles.